The Balaban J connectivity index is 1.93. The Morgan fingerprint density at radius 3 is 3.20 bits per heavy atom. The Morgan fingerprint density at radius 1 is 1.53 bits per heavy atom. The summed E-state index contributed by atoms with van der Waals surface area (Å²) >= 11 is 1.97. The molecule has 1 saturated heterocycles. The first kappa shape index (κ1) is 11.0. The zero-order chi connectivity index (χ0) is 10.5. The summed E-state index contributed by atoms with van der Waals surface area (Å²) in [5.74, 6) is 2.16. The van der Waals surface area contributed by atoms with E-state index in [-0.39, 0.29) is 0 Å². The predicted octanol–water partition coefficient (Wildman–Crippen LogP) is 2.52. The van der Waals surface area contributed by atoms with E-state index in [0.29, 0.717) is 5.25 Å². The molecule has 0 aliphatic carbocycles. The van der Waals surface area contributed by atoms with Crippen LogP contribution < -0.4 is 5.73 Å². The molecular formula is C11H18N2OS. The molecule has 0 radical (unpaired) electrons. The van der Waals surface area contributed by atoms with Crippen molar-refractivity contribution in [3.63, 3.8) is 0 Å². The molecule has 4 heteroatoms. The van der Waals surface area contributed by atoms with Crippen LogP contribution in [0.1, 0.15) is 42.5 Å². The SMILES string of the molecule is NCCCc1coc(C2CCCCS2)n1. The summed E-state index contributed by atoms with van der Waals surface area (Å²) in [6.45, 7) is 0.723. The van der Waals surface area contributed by atoms with E-state index in [9.17, 15) is 0 Å². The molecule has 2 N–H and O–H groups in total. The molecule has 1 aromatic heterocycles. The van der Waals surface area contributed by atoms with E-state index in [1.54, 1.807) is 6.26 Å². The minimum Gasteiger partial charge on any atom is -0.447 e. The second-order valence-electron chi connectivity index (χ2n) is 3.92. The summed E-state index contributed by atoms with van der Waals surface area (Å²) in [5, 5.41) is 0.491. The van der Waals surface area contributed by atoms with Gasteiger partial charge in [-0.1, -0.05) is 6.42 Å². The smallest absolute Gasteiger partial charge is 0.207 e. The third kappa shape index (κ3) is 2.98. The molecule has 0 spiro atoms. The molecule has 1 aliphatic rings. The quantitative estimate of drug-likeness (QED) is 0.857. The normalized spacial score (nSPS) is 21.8. The van der Waals surface area contributed by atoms with E-state index in [2.05, 4.69) is 4.98 Å². The lowest BCUT2D eigenvalue weighted by molar-refractivity contribution is 0.473. The van der Waals surface area contributed by atoms with Crippen LogP contribution in [-0.4, -0.2) is 17.3 Å². The summed E-state index contributed by atoms with van der Waals surface area (Å²) < 4.78 is 5.53. The number of nitrogens with zero attached hydrogens (tertiary/aromatic N) is 1. The number of rotatable bonds is 4. The predicted molar refractivity (Wildman–Crippen MR) is 62.9 cm³/mol. The molecule has 0 aromatic carbocycles. The van der Waals surface area contributed by atoms with E-state index in [4.69, 9.17) is 10.2 Å². The monoisotopic (exact) mass is 226 g/mol. The summed E-state index contributed by atoms with van der Waals surface area (Å²) in [4.78, 5) is 4.53. The highest BCUT2D eigenvalue weighted by molar-refractivity contribution is 7.99. The highest BCUT2D eigenvalue weighted by Gasteiger charge is 2.20. The van der Waals surface area contributed by atoms with E-state index in [1.807, 2.05) is 11.8 Å². The lowest BCUT2D eigenvalue weighted by Gasteiger charge is -2.17. The van der Waals surface area contributed by atoms with Crippen molar-refractivity contribution in [2.24, 2.45) is 5.73 Å². The molecule has 2 heterocycles. The number of nitrogens with two attached hydrogens (primary N) is 1. The summed E-state index contributed by atoms with van der Waals surface area (Å²) in [6, 6.07) is 0. The van der Waals surface area contributed by atoms with Crippen LogP contribution in [0.4, 0.5) is 0 Å². The van der Waals surface area contributed by atoms with Crippen LogP contribution in [0.2, 0.25) is 0 Å². The van der Waals surface area contributed by atoms with Crippen LogP contribution in [0.25, 0.3) is 0 Å². The molecule has 0 saturated carbocycles. The molecule has 0 bridgehead atoms. The van der Waals surface area contributed by atoms with Gasteiger partial charge >= 0.3 is 0 Å². The largest absolute Gasteiger partial charge is 0.447 e. The maximum absolute atomic E-state index is 5.53. The van der Waals surface area contributed by atoms with Crippen LogP contribution in [0.5, 0.6) is 0 Å². The molecule has 1 atom stereocenters. The van der Waals surface area contributed by atoms with Crippen molar-refractivity contribution in [2.45, 2.75) is 37.4 Å². The van der Waals surface area contributed by atoms with Crippen molar-refractivity contribution in [2.75, 3.05) is 12.3 Å². The van der Waals surface area contributed by atoms with Crippen molar-refractivity contribution >= 4 is 11.8 Å². The molecule has 3 nitrogen and oxygen atoms in total. The topological polar surface area (TPSA) is 52.0 Å². The average Bonchev–Trinajstić information content (AvgIpc) is 2.76. The van der Waals surface area contributed by atoms with Gasteiger partial charge < -0.3 is 10.2 Å². The fourth-order valence-electron chi connectivity index (χ4n) is 1.80. The Morgan fingerprint density at radius 2 is 2.47 bits per heavy atom. The van der Waals surface area contributed by atoms with Crippen molar-refractivity contribution < 1.29 is 4.42 Å². The van der Waals surface area contributed by atoms with Gasteiger partial charge in [0, 0.05) is 0 Å². The highest BCUT2D eigenvalue weighted by Crippen LogP contribution is 2.37. The summed E-state index contributed by atoms with van der Waals surface area (Å²) in [6.07, 6.45) is 7.57. The van der Waals surface area contributed by atoms with Crippen LogP contribution in [0.3, 0.4) is 0 Å². The zero-order valence-electron chi connectivity index (χ0n) is 8.95. The lowest BCUT2D eigenvalue weighted by atomic mass is 10.2. The third-order valence-corrected chi connectivity index (χ3v) is 4.03. The van der Waals surface area contributed by atoms with Gasteiger partial charge in [-0.2, -0.15) is 0 Å². The van der Waals surface area contributed by atoms with Crippen LogP contribution in [-0.2, 0) is 6.42 Å². The molecule has 1 aromatic rings. The summed E-state index contributed by atoms with van der Waals surface area (Å²) in [5.41, 5.74) is 6.52. The molecule has 1 fully saturated rings. The zero-order valence-corrected chi connectivity index (χ0v) is 9.76. The number of aromatic nitrogens is 1. The van der Waals surface area contributed by atoms with Crippen LogP contribution >= 0.6 is 11.8 Å². The van der Waals surface area contributed by atoms with Crippen LogP contribution in [0, 0.1) is 0 Å². The van der Waals surface area contributed by atoms with Gasteiger partial charge in [-0.05, 0) is 38.0 Å². The summed E-state index contributed by atoms with van der Waals surface area (Å²) in [7, 11) is 0. The minimum absolute atomic E-state index is 0.491. The second-order valence-corrected chi connectivity index (χ2v) is 5.24. The number of aryl methyl sites for hydroxylation is 1. The maximum atomic E-state index is 5.53. The van der Waals surface area contributed by atoms with Gasteiger partial charge in [-0.3, -0.25) is 0 Å². The third-order valence-electron chi connectivity index (χ3n) is 2.66. The standard InChI is InChI=1S/C11H18N2OS/c12-6-3-4-9-8-14-11(13-9)10-5-1-2-7-15-10/h8,10H,1-7,12H2. The van der Waals surface area contributed by atoms with Gasteiger partial charge in [0.15, 0.2) is 0 Å². The first-order chi connectivity index (χ1) is 7.40. The molecule has 0 amide bonds. The van der Waals surface area contributed by atoms with Gasteiger partial charge in [0.25, 0.3) is 0 Å². The van der Waals surface area contributed by atoms with E-state index < -0.39 is 0 Å². The second kappa shape index (κ2) is 5.56. The number of hydrogen-bond donors (Lipinski definition) is 1. The first-order valence-corrected chi connectivity index (χ1v) is 6.71. The molecule has 1 aliphatic heterocycles. The Kier molecular flexibility index (Phi) is 4.09. The van der Waals surface area contributed by atoms with Gasteiger partial charge in [0.2, 0.25) is 5.89 Å². The molecule has 84 valence electrons. The van der Waals surface area contributed by atoms with Gasteiger partial charge in [-0.15, -0.1) is 11.8 Å². The number of oxazole rings is 1. The fourth-order valence-corrected chi connectivity index (χ4v) is 3.04. The van der Waals surface area contributed by atoms with E-state index >= 15 is 0 Å². The van der Waals surface area contributed by atoms with E-state index in [1.165, 1.54) is 25.0 Å². The molecule has 15 heavy (non-hydrogen) atoms. The Labute approximate surface area is 94.8 Å². The molecule has 1 unspecified atom stereocenters. The Bertz CT molecular complexity index is 295. The Hall–Kier alpha value is -0.480. The van der Waals surface area contributed by atoms with Gasteiger partial charge in [0.1, 0.15) is 6.26 Å². The molecular weight excluding hydrogens is 208 g/mol. The maximum Gasteiger partial charge on any atom is 0.207 e. The van der Waals surface area contributed by atoms with Crippen molar-refractivity contribution in [1.82, 2.24) is 4.98 Å². The van der Waals surface area contributed by atoms with E-state index in [0.717, 1.165) is 31.0 Å². The van der Waals surface area contributed by atoms with Crippen molar-refractivity contribution in [3.05, 3.63) is 17.8 Å². The minimum atomic E-state index is 0.491. The average molecular weight is 226 g/mol. The number of hydrogen-bond acceptors (Lipinski definition) is 4. The van der Waals surface area contributed by atoms with Crippen LogP contribution in [0.15, 0.2) is 10.7 Å². The number of thioether (sulfide) groups is 1. The fraction of sp³-hybridized carbons (Fsp3) is 0.727. The first-order valence-electron chi connectivity index (χ1n) is 5.66. The van der Waals surface area contributed by atoms with Crippen molar-refractivity contribution in [3.8, 4) is 0 Å². The molecule has 2 rings (SSSR count). The van der Waals surface area contributed by atoms with Crippen molar-refractivity contribution in [1.29, 1.82) is 0 Å². The highest BCUT2D eigenvalue weighted by atomic mass is 32.2. The lowest BCUT2D eigenvalue weighted by Crippen LogP contribution is -2.03. The van der Waals surface area contributed by atoms with Gasteiger partial charge in [-0.25, -0.2) is 4.98 Å². The van der Waals surface area contributed by atoms with Gasteiger partial charge in [0.05, 0.1) is 10.9 Å².